The van der Waals surface area contributed by atoms with Crippen LogP contribution in [0.5, 0.6) is 0 Å². The zero-order valence-electron chi connectivity index (χ0n) is 18.2. The highest BCUT2D eigenvalue weighted by atomic mass is 15.4. The minimum atomic E-state index is 0.333. The predicted octanol–water partition coefficient (Wildman–Crippen LogP) is 2.37. The van der Waals surface area contributed by atoms with E-state index >= 15 is 0 Å². The molecule has 2 unspecified atom stereocenters. The van der Waals surface area contributed by atoms with Gasteiger partial charge < -0.3 is 10.6 Å². The van der Waals surface area contributed by atoms with Crippen LogP contribution >= 0.6 is 0 Å². The van der Waals surface area contributed by atoms with Crippen molar-refractivity contribution in [1.82, 2.24) is 30.3 Å². The lowest BCUT2D eigenvalue weighted by atomic mass is 10.1. The standard InChI is InChI=1S/C22H35N7/c1-5-23-22(26-20-11-12-21-25-18(3)27-29(21)16-20)24-14-13-17(2)28(4)15-19-9-7-6-8-10-19/h6-10,17,20H,5,11-16H2,1-4H3,(H2,23,24,26). The summed E-state index contributed by atoms with van der Waals surface area (Å²) in [5, 5.41) is 11.5. The molecular formula is C22H35N7. The van der Waals surface area contributed by atoms with Gasteiger partial charge in [0.1, 0.15) is 11.6 Å². The maximum Gasteiger partial charge on any atom is 0.191 e. The summed E-state index contributed by atoms with van der Waals surface area (Å²) in [6, 6.07) is 11.4. The van der Waals surface area contributed by atoms with Crippen LogP contribution in [0.1, 0.15) is 43.9 Å². The third-order valence-corrected chi connectivity index (χ3v) is 5.49. The van der Waals surface area contributed by atoms with Crippen LogP contribution < -0.4 is 10.6 Å². The topological polar surface area (TPSA) is 70.4 Å². The first kappa shape index (κ1) is 21.3. The molecule has 2 heterocycles. The minimum absolute atomic E-state index is 0.333. The largest absolute Gasteiger partial charge is 0.357 e. The van der Waals surface area contributed by atoms with Crippen molar-refractivity contribution in [2.75, 3.05) is 20.1 Å². The second kappa shape index (κ2) is 10.4. The number of nitrogens with zero attached hydrogens (tertiary/aromatic N) is 5. The molecule has 0 aliphatic carbocycles. The summed E-state index contributed by atoms with van der Waals surface area (Å²) in [5.41, 5.74) is 1.35. The summed E-state index contributed by atoms with van der Waals surface area (Å²) in [6.07, 6.45) is 3.04. The summed E-state index contributed by atoms with van der Waals surface area (Å²) in [6.45, 7) is 9.80. The molecule has 158 valence electrons. The van der Waals surface area contributed by atoms with Crippen molar-refractivity contribution in [2.45, 2.75) is 65.2 Å². The quantitative estimate of drug-likeness (QED) is 0.529. The van der Waals surface area contributed by atoms with E-state index in [1.807, 2.05) is 11.6 Å². The highest BCUT2D eigenvalue weighted by molar-refractivity contribution is 5.80. The molecule has 1 aliphatic heterocycles. The van der Waals surface area contributed by atoms with E-state index in [0.717, 1.165) is 63.0 Å². The SMILES string of the molecule is CCNC(=NCCC(C)N(C)Cc1ccccc1)NC1CCc2nc(C)nn2C1. The van der Waals surface area contributed by atoms with Gasteiger partial charge in [0.05, 0.1) is 6.54 Å². The second-order valence-corrected chi connectivity index (χ2v) is 7.94. The molecule has 3 rings (SSSR count). The van der Waals surface area contributed by atoms with E-state index in [0.29, 0.717) is 12.1 Å². The predicted molar refractivity (Wildman–Crippen MR) is 118 cm³/mol. The van der Waals surface area contributed by atoms with Crippen LogP contribution in [0.2, 0.25) is 0 Å². The Labute approximate surface area is 174 Å². The van der Waals surface area contributed by atoms with Gasteiger partial charge in [0, 0.05) is 38.1 Å². The average Bonchev–Trinajstić information content (AvgIpc) is 3.08. The number of aromatic nitrogens is 3. The Bertz CT molecular complexity index is 784. The van der Waals surface area contributed by atoms with Gasteiger partial charge in [-0.05, 0) is 46.2 Å². The molecule has 1 aromatic heterocycles. The van der Waals surface area contributed by atoms with E-state index < -0.39 is 0 Å². The molecule has 2 atom stereocenters. The van der Waals surface area contributed by atoms with Crippen LogP contribution in [-0.2, 0) is 19.5 Å². The van der Waals surface area contributed by atoms with E-state index in [2.05, 4.69) is 76.8 Å². The van der Waals surface area contributed by atoms with Crippen molar-refractivity contribution < 1.29 is 0 Å². The smallest absolute Gasteiger partial charge is 0.191 e. The molecule has 1 aromatic carbocycles. The van der Waals surface area contributed by atoms with E-state index in [-0.39, 0.29) is 0 Å². The van der Waals surface area contributed by atoms with Gasteiger partial charge in [-0.2, -0.15) is 5.10 Å². The second-order valence-electron chi connectivity index (χ2n) is 7.94. The molecule has 0 radical (unpaired) electrons. The number of guanidine groups is 1. The number of hydrogen-bond acceptors (Lipinski definition) is 4. The summed E-state index contributed by atoms with van der Waals surface area (Å²) in [7, 11) is 2.19. The van der Waals surface area contributed by atoms with Crippen molar-refractivity contribution in [3.8, 4) is 0 Å². The van der Waals surface area contributed by atoms with Crippen LogP contribution in [0.25, 0.3) is 0 Å². The Hall–Kier alpha value is -2.41. The van der Waals surface area contributed by atoms with Gasteiger partial charge in [0.15, 0.2) is 5.96 Å². The highest BCUT2D eigenvalue weighted by Gasteiger charge is 2.21. The zero-order chi connectivity index (χ0) is 20.6. The van der Waals surface area contributed by atoms with E-state index in [1.165, 1.54) is 5.56 Å². The Balaban J connectivity index is 1.48. The molecule has 7 nitrogen and oxygen atoms in total. The molecular weight excluding hydrogens is 362 g/mol. The van der Waals surface area contributed by atoms with Crippen LogP contribution in [0.3, 0.4) is 0 Å². The Morgan fingerprint density at radius 3 is 2.90 bits per heavy atom. The van der Waals surface area contributed by atoms with E-state index in [9.17, 15) is 0 Å². The number of nitrogens with one attached hydrogen (secondary N) is 2. The fourth-order valence-corrected chi connectivity index (χ4v) is 3.68. The molecule has 0 saturated heterocycles. The molecule has 0 bridgehead atoms. The Morgan fingerprint density at radius 2 is 2.14 bits per heavy atom. The van der Waals surface area contributed by atoms with Crippen LogP contribution in [0.15, 0.2) is 35.3 Å². The third-order valence-electron chi connectivity index (χ3n) is 5.49. The molecule has 0 fully saturated rings. The number of rotatable bonds is 8. The Morgan fingerprint density at radius 1 is 1.34 bits per heavy atom. The number of fused-ring (bicyclic) bond motifs is 1. The first-order valence-corrected chi connectivity index (χ1v) is 10.7. The summed E-state index contributed by atoms with van der Waals surface area (Å²) >= 11 is 0. The first-order valence-electron chi connectivity index (χ1n) is 10.7. The summed E-state index contributed by atoms with van der Waals surface area (Å²) < 4.78 is 2.03. The zero-order valence-corrected chi connectivity index (χ0v) is 18.2. The molecule has 0 spiro atoms. The average molecular weight is 398 g/mol. The normalized spacial score (nSPS) is 17.8. The van der Waals surface area contributed by atoms with Gasteiger partial charge in [-0.3, -0.25) is 9.89 Å². The van der Waals surface area contributed by atoms with Crippen molar-refractivity contribution in [2.24, 2.45) is 4.99 Å². The summed E-state index contributed by atoms with van der Waals surface area (Å²) in [4.78, 5) is 11.7. The number of aryl methyl sites for hydroxylation is 2. The molecule has 2 N–H and O–H groups in total. The third kappa shape index (κ3) is 6.29. The molecule has 2 aromatic rings. The maximum absolute atomic E-state index is 4.82. The first-order chi connectivity index (χ1) is 14.0. The van der Waals surface area contributed by atoms with E-state index in [1.54, 1.807) is 0 Å². The number of benzene rings is 1. The van der Waals surface area contributed by atoms with Gasteiger partial charge in [-0.15, -0.1) is 0 Å². The van der Waals surface area contributed by atoms with Crippen LogP contribution in [-0.4, -0.2) is 57.8 Å². The lowest BCUT2D eigenvalue weighted by Gasteiger charge is -2.26. The lowest BCUT2D eigenvalue weighted by Crippen LogP contribution is -2.47. The van der Waals surface area contributed by atoms with Crippen molar-refractivity contribution in [3.63, 3.8) is 0 Å². The maximum atomic E-state index is 4.82. The molecule has 1 aliphatic rings. The van der Waals surface area contributed by atoms with Gasteiger partial charge in [-0.25, -0.2) is 9.67 Å². The highest BCUT2D eigenvalue weighted by Crippen LogP contribution is 2.13. The van der Waals surface area contributed by atoms with Crippen molar-refractivity contribution in [3.05, 3.63) is 47.5 Å². The minimum Gasteiger partial charge on any atom is -0.357 e. The lowest BCUT2D eigenvalue weighted by molar-refractivity contribution is 0.240. The van der Waals surface area contributed by atoms with Crippen LogP contribution in [0.4, 0.5) is 0 Å². The van der Waals surface area contributed by atoms with Crippen LogP contribution in [0, 0.1) is 6.92 Å². The van der Waals surface area contributed by atoms with Gasteiger partial charge in [0.2, 0.25) is 0 Å². The molecule has 7 heteroatoms. The van der Waals surface area contributed by atoms with Crippen molar-refractivity contribution >= 4 is 5.96 Å². The fourth-order valence-electron chi connectivity index (χ4n) is 3.68. The van der Waals surface area contributed by atoms with Gasteiger partial charge in [0.25, 0.3) is 0 Å². The monoisotopic (exact) mass is 397 g/mol. The molecule has 0 saturated carbocycles. The number of hydrogen-bond donors (Lipinski definition) is 2. The summed E-state index contributed by atoms with van der Waals surface area (Å²) in [5.74, 6) is 2.85. The van der Waals surface area contributed by atoms with Crippen molar-refractivity contribution in [1.29, 1.82) is 0 Å². The molecule has 0 amide bonds. The number of aliphatic imine (C=N–C) groups is 1. The fraction of sp³-hybridized carbons (Fsp3) is 0.591. The van der Waals surface area contributed by atoms with E-state index in [4.69, 9.17) is 4.99 Å². The Kier molecular flexibility index (Phi) is 7.63. The van der Waals surface area contributed by atoms with Gasteiger partial charge in [-0.1, -0.05) is 30.3 Å². The molecule has 29 heavy (non-hydrogen) atoms. The van der Waals surface area contributed by atoms with Gasteiger partial charge >= 0.3 is 0 Å².